The minimum atomic E-state index is -0.158. The van der Waals surface area contributed by atoms with Crippen LogP contribution >= 0.6 is 0 Å². The number of aryl methyl sites for hydroxylation is 1. The molecule has 0 atom stereocenters. The number of imidazole rings is 1. The molecule has 0 radical (unpaired) electrons. The number of carbonyl (C=O) groups excluding carboxylic acids is 1. The summed E-state index contributed by atoms with van der Waals surface area (Å²) in [6, 6.07) is 23.7. The van der Waals surface area contributed by atoms with Crippen LogP contribution in [0.25, 0.3) is 23.2 Å². The number of hydrogen-bond donors (Lipinski definition) is 1. The zero-order valence-electron chi connectivity index (χ0n) is 20.7. The Hall–Kier alpha value is -4.32. The Labute approximate surface area is 211 Å². The third kappa shape index (κ3) is 6.42. The SMILES string of the molecule is C/C=C/c1ccc(OCCCn2c(CNC(=O)/C=C\c3ccccc3)nc3ccccc32)c(OC)c1. The molecule has 1 heterocycles. The second-order valence-corrected chi connectivity index (χ2v) is 8.24. The summed E-state index contributed by atoms with van der Waals surface area (Å²) in [6.45, 7) is 3.56. The van der Waals surface area contributed by atoms with E-state index in [1.54, 1.807) is 19.3 Å². The van der Waals surface area contributed by atoms with E-state index < -0.39 is 0 Å². The van der Waals surface area contributed by atoms with Crippen LogP contribution in [0.1, 0.15) is 30.3 Å². The van der Waals surface area contributed by atoms with Gasteiger partial charge in [0, 0.05) is 12.6 Å². The van der Waals surface area contributed by atoms with Crippen LogP contribution < -0.4 is 14.8 Å². The molecule has 0 aliphatic heterocycles. The fourth-order valence-corrected chi connectivity index (χ4v) is 3.98. The fraction of sp³-hybridized carbons (Fsp3) is 0.200. The Morgan fingerprint density at radius 3 is 2.58 bits per heavy atom. The number of methoxy groups -OCH3 is 1. The molecule has 1 amide bonds. The largest absolute Gasteiger partial charge is 0.493 e. The number of fused-ring (bicyclic) bond motifs is 1. The van der Waals surface area contributed by atoms with Gasteiger partial charge in [-0.3, -0.25) is 4.79 Å². The Bertz CT molecular complexity index is 1360. The van der Waals surface area contributed by atoms with E-state index in [2.05, 4.69) is 9.88 Å². The highest BCUT2D eigenvalue weighted by Crippen LogP contribution is 2.29. The number of para-hydroxylation sites is 2. The molecule has 0 bridgehead atoms. The number of ether oxygens (including phenoxy) is 2. The van der Waals surface area contributed by atoms with Gasteiger partial charge in [0.1, 0.15) is 5.82 Å². The van der Waals surface area contributed by atoms with E-state index >= 15 is 0 Å². The average molecular weight is 482 g/mol. The Balaban J connectivity index is 1.38. The molecule has 0 aliphatic carbocycles. The highest BCUT2D eigenvalue weighted by atomic mass is 16.5. The van der Waals surface area contributed by atoms with Crippen LogP contribution in [0, 0.1) is 0 Å². The molecule has 3 aromatic carbocycles. The molecule has 36 heavy (non-hydrogen) atoms. The van der Waals surface area contributed by atoms with Gasteiger partial charge < -0.3 is 19.4 Å². The third-order valence-corrected chi connectivity index (χ3v) is 5.71. The Kier molecular flexibility index (Phi) is 8.54. The molecule has 4 rings (SSSR count). The normalized spacial score (nSPS) is 11.4. The van der Waals surface area contributed by atoms with Crippen LogP contribution in [-0.4, -0.2) is 29.2 Å². The summed E-state index contributed by atoms with van der Waals surface area (Å²) < 4.78 is 13.7. The molecule has 6 heteroatoms. The lowest BCUT2D eigenvalue weighted by Crippen LogP contribution is -2.23. The standard InChI is InChI=1S/C30H31N3O3/c1-3-10-24-15-17-27(28(21-24)35-2)36-20-9-19-33-26-14-8-7-13-25(26)32-29(33)22-31-30(34)18-16-23-11-5-4-6-12-23/h3-8,10-18,21H,9,19-20,22H2,1-2H3,(H,31,34)/b10-3+,18-16-. The van der Waals surface area contributed by atoms with Crippen molar-refractivity contribution >= 4 is 29.1 Å². The number of hydrogen-bond acceptors (Lipinski definition) is 4. The lowest BCUT2D eigenvalue weighted by Gasteiger charge is -2.13. The van der Waals surface area contributed by atoms with E-state index in [0.29, 0.717) is 25.4 Å². The zero-order valence-corrected chi connectivity index (χ0v) is 20.7. The Morgan fingerprint density at radius 2 is 1.78 bits per heavy atom. The van der Waals surface area contributed by atoms with Gasteiger partial charge in [0.25, 0.3) is 0 Å². The van der Waals surface area contributed by atoms with Gasteiger partial charge in [0.15, 0.2) is 11.5 Å². The van der Waals surface area contributed by atoms with Crippen molar-refractivity contribution in [1.82, 2.24) is 14.9 Å². The molecule has 0 saturated carbocycles. The van der Waals surface area contributed by atoms with Crippen molar-refractivity contribution in [2.24, 2.45) is 0 Å². The van der Waals surface area contributed by atoms with Crippen LogP contribution in [0.3, 0.4) is 0 Å². The first-order chi connectivity index (χ1) is 17.7. The molecule has 0 saturated heterocycles. The van der Waals surface area contributed by atoms with Crippen LogP contribution in [0.15, 0.2) is 84.9 Å². The van der Waals surface area contributed by atoms with Gasteiger partial charge in [-0.25, -0.2) is 4.98 Å². The van der Waals surface area contributed by atoms with E-state index in [1.807, 2.05) is 91.9 Å². The van der Waals surface area contributed by atoms with Crippen molar-refractivity contribution < 1.29 is 14.3 Å². The monoisotopic (exact) mass is 481 g/mol. The van der Waals surface area contributed by atoms with Crippen molar-refractivity contribution in [2.45, 2.75) is 26.4 Å². The number of nitrogens with zero attached hydrogens (tertiary/aromatic N) is 2. The predicted octanol–water partition coefficient (Wildman–Crippen LogP) is 5.88. The molecular formula is C30H31N3O3. The lowest BCUT2D eigenvalue weighted by molar-refractivity contribution is -0.116. The summed E-state index contributed by atoms with van der Waals surface area (Å²) >= 11 is 0. The molecule has 0 aliphatic rings. The maximum atomic E-state index is 12.4. The second-order valence-electron chi connectivity index (χ2n) is 8.24. The topological polar surface area (TPSA) is 65.4 Å². The second kappa shape index (κ2) is 12.4. The first-order valence-electron chi connectivity index (χ1n) is 12.1. The van der Waals surface area contributed by atoms with E-state index in [-0.39, 0.29) is 5.91 Å². The fourth-order valence-electron chi connectivity index (χ4n) is 3.98. The molecule has 0 unspecified atom stereocenters. The summed E-state index contributed by atoms with van der Waals surface area (Å²) in [4.78, 5) is 17.1. The van der Waals surface area contributed by atoms with E-state index in [4.69, 9.17) is 14.5 Å². The molecule has 184 valence electrons. The minimum Gasteiger partial charge on any atom is -0.493 e. The van der Waals surface area contributed by atoms with Crippen molar-refractivity contribution in [3.63, 3.8) is 0 Å². The van der Waals surface area contributed by atoms with Crippen molar-refractivity contribution in [1.29, 1.82) is 0 Å². The minimum absolute atomic E-state index is 0.158. The highest BCUT2D eigenvalue weighted by molar-refractivity contribution is 5.91. The van der Waals surface area contributed by atoms with Crippen molar-refractivity contribution in [3.8, 4) is 11.5 Å². The van der Waals surface area contributed by atoms with Crippen LogP contribution in [0.5, 0.6) is 11.5 Å². The molecule has 1 N–H and O–H groups in total. The number of benzene rings is 3. The summed E-state index contributed by atoms with van der Waals surface area (Å²) in [5.74, 6) is 2.09. The molecule has 0 fully saturated rings. The quantitative estimate of drug-likeness (QED) is 0.215. The van der Waals surface area contributed by atoms with Gasteiger partial charge in [-0.05, 0) is 54.8 Å². The highest BCUT2D eigenvalue weighted by Gasteiger charge is 2.11. The summed E-state index contributed by atoms with van der Waals surface area (Å²) in [7, 11) is 1.65. The van der Waals surface area contributed by atoms with Crippen molar-refractivity contribution in [2.75, 3.05) is 13.7 Å². The van der Waals surface area contributed by atoms with E-state index in [0.717, 1.165) is 40.2 Å². The molecule has 1 aromatic heterocycles. The number of allylic oxidation sites excluding steroid dienone is 1. The molecule has 6 nitrogen and oxygen atoms in total. The predicted molar refractivity (Wildman–Crippen MR) is 145 cm³/mol. The number of rotatable bonds is 11. The average Bonchev–Trinajstić information content (AvgIpc) is 3.27. The number of aromatic nitrogens is 2. The van der Waals surface area contributed by atoms with Gasteiger partial charge >= 0.3 is 0 Å². The number of amides is 1. The van der Waals surface area contributed by atoms with Gasteiger partial charge in [0.05, 0.1) is 31.3 Å². The summed E-state index contributed by atoms with van der Waals surface area (Å²) in [6.07, 6.45) is 8.13. The third-order valence-electron chi connectivity index (χ3n) is 5.71. The first-order valence-corrected chi connectivity index (χ1v) is 12.1. The zero-order chi connectivity index (χ0) is 25.2. The van der Waals surface area contributed by atoms with Gasteiger partial charge in [-0.1, -0.05) is 60.7 Å². The smallest absolute Gasteiger partial charge is 0.244 e. The summed E-state index contributed by atoms with van der Waals surface area (Å²) in [5.41, 5.74) is 3.99. The lowest BCUT2D eigenvalue weighted by atomic mass is 10.2. The molecule has 4 aromatic rings. The number of nitrogens with one attached hydrogen (secondary N) is 1. The van der Waals surface area contributed by atoms with Gasteiger partial charge in [0.2, 0.25) is 5.91 Å². The van der Waals surface area contributed by atoms with Gasteiger partial charge in [-0.2, -0.15) is 0 Å². The van der Waals surface area contributed by atoms with Crippen LogP contribution in [0.4, 0.5) is 0 Å². The molecular weight excluding hydrogens is 450 g/mol. The van der Waals surface area contributed by atoms with Crippen LogP contribution in [0.2, 0.25) is 0 Å². The maximum Gasteiger partial charge on any atom is 0.244 e. The number of carbonyl (C=O) groups is 1. The summed E-state index contributed by atoms with van der Waals surface area (Å²) in [5, 5.41) is 2.96. The van der Waals surface area contributed by atoms with Crippen molar-refractivity contribution in [3.05, 3.63) is 102 Å². The molecule has 0 spiro atoms. The van der Waals surface area contributed by atoms with E-state index in [9.17, 15) is 4.79 Å². The van der Waals surface area contributed by atoms with Gasteiger partial charge in [-0.15, -0.1) is 0 Å². The van der Waals surface area contributed by atoms with E-state index in [1.165, 1.54) is 0 Å². The first kappa shape index (κ1) is 24.8. The Morgan fingerprint density at radius 1 is 0.972 bits per heavy atom. The maximum absolute atomic E-state index is 12.4. The van der Waals surface area contributed by atoms with Crippen LogP contribution in [-0.2, 0) is 17.9 Å².